The molecule has 0 aliphatic carbocycles. The van der Waals surface area contributed by atoms with Crippen LogP contribution in [0.3, 0.4) is 0 Å². The highest BCUT2D eigenvalue weighted by molar-refractivity contribution is 6.36. The third kappa shape index (κ3) is 5.39. The van der Waals surface area contributed by atoms with Crippen LogP contribution in [-0.4, -0.2) is 24.8 Å². The number of hydrogen-bond acceptors (Lipinski definition) is 3. The molecule has 0 heterocycles. The third-order valence-corrected chi connectivity index (χ3v) is 1.60. The molecule has 76 valence electrons. The second-order valence-electron chi connectivity index (χ2n) is 3.26. The fraction of sp³-hybridized carbons (Fsp3) is 0.800. The zero-order valence-corrected chi connectivity index (χ0v) is 8.96. The zero-order valence-electron chi connectivity index (χ0n) is 8.96. The standard InChI is InChI=1S/C10H19NO2/c1-5-6-7-9(10(12)13-4)11-8(2)3/h8H,5-7H2,1-4H3. The lowest BCUT2D eigenvalue weighted by molar-refractivity contribution is -0.132. The molecule has 0 aromatic heterocycles. The van der Waals surface area contributed by atoms with E-state index in [0.717, 1.165) is 19.3 Å². The van der Waals surface area contributed by atoms with Crippen LogP contribution >= 0.6 is 0 Å². The van der Waals surface area contributed by atoms with Gasteiger partial charge in [0.1, 0.15) is 5.71 Å². The Morgan fingerprint density at radius 1 is 1.46 bits per heavy atom. The Labute approximate surface area is 80.2 Å². The fourth-order valence-corrected chi connectivity index (χ4v) is 0.993. The lowest BCUT2D eigenvalue weighted by Crippen LogP contribution is -2.17. The van der Waals surface area contributed by atoms with Gasteiger partial charge in [-0.2, -0.15) is 0 Å². The van der Waals surface area contributed by atoms with Gasteiger partial charge in [-0.05, 0) is 26.7 Å². The average molecular weight is 185 g/mol. The van der Waals surface area contributed by atoms with E-state index < -0.39 is 0 Å². The van der Waals surface area contributed by atoms with Crippen molar-refractivity contribution in [1.82, 2.24) is 0 Å². The van der Waals surface area contributed by atoms with Gasteiger partial charge in [0.25, 0.3) is 0 Å². The van der Waals surface area contributed by atoms with Crippen molar-refractivity contribution in [1.29, 1.82) is 0 Å². The Morgan fingerprint density at radius 2 is 2.08 bits per heavy atom. The molecule has 0 N–H and O–H groups in total. The van der Waals surface area contributed by atoms with Crippen LogP contribution in [0.5, 0.6) is 0 Å². The number of methoxy groups -OCH3 is 1. The Balaban J connectivity index is 4.27. The van der Waals surface area contributed by atoms with Gasteiger partial charge < -0.3 is 4.74 Å². The minimum Gasteiger partial charge on any atom is -0.465 e. The van der Waals surface area contributed by atoms with Crippen molar-refractivity contribution in [3.05, 3.63) is 0 Å². The first-order valence-corrected chi connectivity index (χ1v) is 4.76. The maximum atomic E-state index is 11.2. The normalized spacial score (nSPS) is 11.9. The Morgan fingerprint density at radius 3 is 2.46 bits per heavy atom. The van der Waals surface area contributed by atoms with Gasteiger partial charge in [-0.25, -0.2) is 4.79 Å². The first-order valence-electron chi connectivity index (χ1n) is 4.76. The van der Waals surface area contributed by atoms with E-state index in [2.05, 4.69) is 16.7 Å². The summed E-state index contributed by atoms with van der Waals surface area (Å²) >= 11 is 0. The first kappa shape index (κ1) is 12.1. The summed E-state index contributed by atoms with van der Waals surface area (Å²) in [5.41, 5.74) is 0.569. The van der Waals surface area contributed by atoms with E-state index in [9.17, 15) is 4.79 Å². The number of ether oxygens (including phenoxy) is 1. The van der Waals surface area contributed by atoms with Crippen LogP contribution in [0.1, 0.15) is 40.0 Å². The van der Waals surface area contributed by atoms with Crippen LogP contribution in [0, 0.1) is 0 Å². The van der Waals surface area contributed by atoms with Gasteiger partial charge in [0.15, 0.2) is 0 Å². The van der Waals surface area contributed by atoms with Gasteiger partial charge in [0.2, 0.25) is 0 Å². The maximum Gasteiger partial charge on any atom is 0.351 e. The molecule has 0 fully saturated rings. The van der Waals surface area contributed by atoms with Crippen molar-refractivity contribution >= 4 is 11.7 Å². The van der Waals surface area contributed by atoms with E-state index in [1.165, 1.54) is 7.11 Å². The number of nitrogens with zero attached hydrogens (tertiary/aromatic N) is 1. The number of unbranched alkanes of at least 4 members (excludes halogenated alkanes) is 1. The van der Waals surface area contributed by atoms with Gasteiger partial charge in [-0.15, -0.1) is 0 Å². The van der Waals surface area contributed by atoms with Crippen molar-refractivity contribution < 1.29 is 9.53 Å². The Kier molecular flexibility index (Phi) is 6.20. The van der Waals surface area contributed by atoms with Crippen molar-refractivity contribution in [2.45, 2.75) is 46.1 Å². The Bertz CT molecular complexity index is 185. The highest BCUT2D eigenvalue weighted by atomic mass is 16.5. The number of carbonyl (C=O) groups excluding carboxylic acids is 1. The second-order valence-corrected chi connectivity index (χ2v) is 3.26. The minimum absolute atomic E-state index is 0.158. The summed E-state index contributed by atoms with van der Waals surface area (Å²) in [6, 6.07) is 0.158. The van der Waals surface area contributed by atoms with E-state index >= 15 is 0 Å². The van der Waals surface area contributed by atoms with E-state index in [0.29, 0.717) is 5.71 Å². The molecule has 0 saturated heterocycles. The van der Waals surface area contributed by atoms with Gasteiger partial charge in [-0.3, -0.25) is 4.99 Å². The summed E-state index contributed by atoms with van der Waals surface area (Å²) in [6.45, 7) is 5.99. The highest BCUT2D eigenvalue weighted by Crippen LogP contribution is 2.01. The van der Waals surface area contributed by atoms with Gasteiger partial charge in [-0.1, -0.05) is 13.3 Å². The average Bonchev–Trinajstić information content (AvgIpc) is 2.10. The number of carbonyl (C=O) groups is 1. The summed E-state index contributed by atoms with van der Waals surface area (Å²) < 4.78 is 4.64. The molecule has 0 unspecified atom stereocenters. The molecule has 0 amide bonds. The topological polar surface area (TPSA) is 38.7 Å². The molecule has 0 aliphatic heterocycles. The molecule has 0 aliphatic rings. The molecule has 3 nitrogen and oxygen atoms in total. The number of hydrogen-bond donors (Lipinski definition) is 0. The predicted molar refractivity (Wildman–Crippen MR) is 54.1 cm³/mol. The number of rotatable bonds is 5. The van der Waals surface area contributed by atoms with Crippen LogP contribution < -0.4 is 0 Å². The molecule has 0 spiro atoms. The van der Waals surface area contributed by atoms with Crippen molar-refractivity contribution in [2.75, 3.05) is 7.11 Å². The SMILES string of the molecule is CCCCC(=NC(C)C)C(=O)OC. The quantitative estimate of drug-likeness (QED) is 0.486. The monoisotopic (exact) mass is 185 g/mol. The molecule has 13 heavy (non-hydrogen) atoms. The predicted octanol–water partition coefficient (Wildman–Crippen LogP) is 2.20. The second kappa shape index (κ2) is 6.63. The zero-order chi connectivity index (χ0) is 10.3. The van der Waals surface area contributed by atoms with Gasteiger partial charge in [0, 0.05) is 6.04 Å². The molecular weight excluding hydrogens is 166 g/mol. The summed E-state index contributed by atoms with van der Waals surface area (Å²) in [7, 11) is 1.39. The van der Waals surface area contributed by atoms with E-state index in [4.69, 9.17) is 0 Å². The Hall–Kier alpha value is -0.860. The summed E-state index contributed by atoms with van der Waals surface area (Å²) in [6.07, 6.45) is 2.77. The third-order valence-electron chi connectivity index (χ3n) is 1.60. The first-order chi connectivity index (χ1) is 6.11. The summed E-state index contributed by atoms with van der Waals surface area (Å²) in [4.78, 5) is 15.4. The van der Waals surface area contributed by atoms with Crippen LogP contribution in [0.4, 0.5) is 0 Å². The van der Waals surface area contributed by atoms with Crippen LogP contribution in [0.15, 0.2) is 4.99 Å². The van der Waals surface area contributed by atoms with E-state index in [1.807, 2.05) is 13.8 Å². The van der Waals surface area contributed by atoms with Crippen molar-refractivity contribution in [3.8, 4) is 0 Å². The molecule has 0 aromatic carbocycles. The molecule has 0 rings (SSSR count). The highest BCUT2D eigenvalue weighted by Gasteiger charge is 2.10. The van der Waals surface area contributed by atoms with Crippen molar-refractivity contribution in [3.63, 3.8) is 0 Å². The summed E-state index contributed by atoms with van der Waals surface area (Å²) in [5, 5.41) is 0. The molecule has 0 radical (unpaired) electrons. The summed E-state index contributed by atoms with van der Waals surface area (Å²) in [5.74, 6) is -0.290. The molecule has 0 bridgehead atoms. The number of aliphatic imine (C=N–C) groups is 1. The maximum absolute atomic E-state index is 11.2. The molecule has 0 aromatic rings. The van der Waals surface area contributed by atoms with Gasteiger partial charge in [0.05, 0.1) is 7.11 Å². The van der Waals surface area contributed by atoms with E-state index in [1.54, 1.807) is 0 Å². The van der Waals surface area contributed by atoms with Crippen LogP contribution in [0.25, 0.3) is 0 Å². The van der Waals surface area contributed by atoms with Crippen LogP contribution in [-0.2, 0) is 9.53 Å². The van der Waals surface area contributed by atoms with E-state index in [-0.39, 0.29) is 12.0 Å². The minimum atomic E-state index is -0.290. The van der Waals surface area contributed by atoms with Crippen molar-refractivity contribution in [2.24, 2.45) is 4.99 Å². The lowest BCUT2D eigenvalue weighted by atomic mass is 10.1. The van der Waals surface area contributed by atoms with Gasteiger partial charge >= 0.3 is 5.97 Å². The number of esters is 1. The largest absolute Gasteiger partial charge is 0.465 e. The molecule has 0 atom stereocenters. The lowest BCUT2D eigenvalue weighted by Gasteiger charge is -2.05. The molecular formula is C10H19NO2. The fourth-order valence-electron chi connectivity index (χ4n) is 0.993. The molecule has 0 saturated carbocycles. The van der Waals surface area contributed by atoms with Crippen LogP contribution in [0.2, 0.25) is 0 Å². The smallest absolute Gasteiger partial charge is 0.351 e. The molecule has 3 heteroatoms.